The highest BCUT2D eigenvalue weighted by Crippen LogP contribution is 2.27. The van der Waals surface area contributed by atoms with Gasteiger partial charge in [0, 0.05) is 11.5 Å². The van der Waals surface area contributed by atoms with Gasteiger partial charge in [-0.05, 0) is 40.7 Å². The molecule has 4 nitrogen and oxygen atoms in total. The van der Waals surface area contributed by atoms with Gasteiger partial charge in [-0.15, -0.1) is 5.10 Å². The molecule has 0 aliphatic heterocycles. The first-order chi connectivity index (χ1) is 8.74. The van der Waals surface area contributed by atoms with Crippen LogP contribution in [0, 0.1) is 0 Å². The van der Waals surface area contributed by atoms with E-state index in [9.17, 15) is 4.79 Å². The molecule has 1 heterocycles. The molecule has 88 valence electrons. The Balaban J connectivity index is 2.18. The van der Waals surface area contributed by atoms with Crippen molar-refractivity contribution in [3.8, 4) is 0 Å². The van der Waals surface area contributed by atoms with Crippen molar-refractivity contribution in [1.29, 1.82) is 0 Å². The van der Waals surface area contributed by atoms with E-state index < -0.39 is 5.97 Å². The topological polar surface area (TPSA) is 63.1 Å². The monoisotopic (exact) mass is 256 g/mol. The van der Waals surface area contributed by atoms with E-state index in [0.717, 1.165) is 32.6 Å². The molecule has 1 aromatic heterocycles. The number of hydrogen-bond donors (Lipinski definition) is 1. The number of hydrogen-bond acceptors (Lipinski definition) is 4. The minimum Gasteiger partial charge on any atom is -0.478 e. The number of rotatable bonds is 2. The quantitative estimate of drug-likeness (QED) is 0.716. The van der Waals surface area contributed by atoms with E-state index in [1.54, 1.807) is 6.08 Å². The smallest absolute Gasteiger partial charge is 0.328 e. The Bertz CT molecular complexity index is 777. The minimum atomic E-state index is -0.947. The van der Waals surface area contributed by atoms with Gasteiger partial charge in [0.2, 0.25) is 0 Å². The number of aliphatic carboxylic acids is 1. The maximum Gasteiger partial charge on any atom is 0.328 e. The van der Waals surface area contributed by atoms with Crippen LogP contribution >= 0.6 is 11.5 Å². The highest BCUT2D eigenvalue weighted by Gasteiger charge is 2.04. The first-order valence-corrected chi connectivity index (χ1v) is 6.07. The Kier molecular flexibility index (Phi) is 2.53. The molecule has 0 spiro atoms. The Morgan fingerprint density at radius 3 is 3.00 bits per heavy atom. The summed E-state index contributed by atoms with van der Waals surface area (Å²) >= 11 is 1.37. The van der Waals surface area contributed by atoms with Gasteiger partial charge >= 0.3 is 5.97 Å². The van der Waals surface area contributed by atoms with E-state index in [0.29, 0.717) is 0 Å². The van der Waals surface area contributed by atoms with Crippen molar-refractivity contribution in [2.24, 2.45) is 0 Å². The molecule has 0 fully saturated rings. The van der Waals surface area contributed by atoms with Gasteiger partial charge in [0.05, 0.1) is 4.70 Å². The largest absolute Gasteiger partial charge is 0.478 e. The van der Waals surface area contributed by atoms with Crippen LogP contribution in [0.2, 0.25) is 0 Å². The molecular formula is C13H8N2O2S. The van der Waals surface area contributed by atoms with Gasteiger partial charge in [-0.1, -0.05) is 22.7 Å². The number of carbonyl (C=O) groups is 1. The Hall–Kier alpha value is -2.27. The molecule has 2 aromatic carbocycles. The van der Waals surface area contributed by atoms with Gasteiger partial charge in [0.1, 0.15) is 5.52 Å². The second-order valence-corrected chi connectivity index (χ2v) is 4.59. The number of carboxylic acids is 1. The SMILES string of the molecule is O=C(O)C=Cc1ccc2c(ccc3nnsc32)c1. The fourth-order valence-corrected chi connectivity index (χ4v) is 2.56. The van der Waals surface area contributed by atoms with Crippen LogP contribution < -0.4 is 0 Å². The van der Waals surface area contributed by atoms with Crippen molar-refractivity contribution < 1.29 is 9.90 Å². The standard InChI is InChI=1S/C13H8N2O2S/c16-12(17)6-2-8-1-4-10-9(7-8)3-5-11-13(10)18-15-14-11/h1-7H,(H,16,17). The summed E-state index contributed by atoms with van der Waals surface area (Å²) in [6.07, 6.45) is 2.71. The molecule has 0 radical (unpaired) electrons. The highest BCUT2D eigenvalue weighted by molar-refractivity contribution is 7.14. The molecule has 0 unspecified atom stereocenters. The molecule has 0 bridgehead atoms. The van der Waals surface area contributed by atoms with E-state index in [1.165, 1.54) is 11.5 Å². The van der Waals surface area contributed by atoms with Gasteiger partial charge in [0.15, 0.2) is 0 Å². The fourth-order valence-electron chi connectivity index (χ4n) is 1.86. The lowest BCUT2D eigenvalue weighted by molar-refractivity contribution is -0.131. The summed E-state index contributed by atoms with van der Waals surface area (Å²) in [4.78, 5) is 10.5. The third-order valence-electron chi connectivity index (χ3n) is 2.67. The van der Waals surface area contributed by atoms with Crippen LogP contribution in [-0.2, 0) is 4.79 Å². The van der Waals surface area contributed by atoms with Gasteiger partial charge in [-0.25, -0.2) is 4.79 Å². The lowest BCUT2D eigenvalue weighted by Gasteiger charge is -2.00. The van der Waals surface area contributed by atoms with Gasteiger partial charge in [0.25, 0.3) is 0 Å². The molecule has 0 saturated carbocycles. The second kappa shape index (κ2) is 4.19. The van der Waals surface area contributed by atoms with Crippen LogP contribution in [-0.4, -0.2) is 20.7 Å². The van der Waals surface area contributed by atoms with Crippen LogP contribution in [0.4, 0.5) is 0 Å². The third kappa shape index (κ3) is 1.84. The Morgan fingerprint density at radius 2 is 2.17 bits per heavy atom. The molecular weight excluding hydrogens is 248 g/mol. The third-order valence-corrected chi connectivity index (χ3v) is 3.45. The lowest BCUT2D eigenvalue weighted by atomic mass is 10.1. The van der Waals surface area contributed by atoms with Crippen molar-refractivity contribution in [2.75, 3.05) is 0 Å². The molecule has 3 rings (SSSR count). The van der Waals surface area contributed by atoms with Crippen LogP contribution in [0.25, 0.3) is 27.1 Å². The fraction of sp³-hybridized carbons (Fsp3) is 0. The highest BCUT2D eigenvalue weighted by atomic mass is 32.1. The maximum atomic E-state index is 10.5. The van der Waals surface area contributed by atoms with Crippen LogP contribution in [0.5, 0.6) is 0 Å². The average Bonchev–Trinajstić information content (AvgIpc) is 2.84. The van der Waals surface area contributed by atoms with E-state index >= 15 is 0 Å². The zero-order valence-electron chi connectivity index (χ0n) is 9.20. The number of carboxylic acid groups (broad SMARTS) is 1. The molecule has 18 heavy (non-hydrogen) atoms. The lowest BCUT2D eigenvalue weighted by Crippen LogP contribution is -1.85. The van der Waals surface area contributed by atoms with Gasteiger partial charge in [-0.3, -0.25) is 0 Å². The normalized spacial score (nSPS) is 11.6. The Labute approximate surface area is 106 Å². The van der Waals surface area contributed by atoms with Crippen LogP contribution in [0.3, 0.4) is 0 Å². The molecule has 3 aromatic rings. The number of nitrogens with zero attached hydrogens (tertiary/aromatic N) is 2. The second-order valence-electron chi connectivity index (χ2n) is 3.84. The van der Waals surface area contributed by atoms with E-state index in [4.69, 9.17) is 5.11 Å². The van der Waals surface area contributed by atoms with Crippen molar-refractivity contribution in [3.05, 3.63) is 42.0 Å². The molecule has 0 atom stereocenters. The predicted molar refractivity (Wildman–Crippen MR) is 71.6 cm³/mol. The zero-order chi connectivity index (χ0) is 12.5. The van der Waals surface area contributed by atoms with Crippen molar-refractivity contribution in [1.82, 2.24) is 9.59 Å². The molecule has 0 saturated heterocycles. The van der Waals surface area contributed by atoms with Gasteiger partial charge in [-0.2, -0.15) is 0 Å². The first-order valence-electron chi connectivity index (χ1n) is 5.30. The first kappa shape index (κ1) is 10.9. The van der Waals surface area contributed by atoms with Crippen LogP contribution in [0.1, 0.15) is 5.56 Å². The molecule has 0 aliphatic rings. The van der Waals surface area contributed by atoms with Crippen LogP contribution in [0.15, 0.2) is 36.4 Å². The minimum absolute atomic E-state index is 0.863. The van der Waals surface area contributed by atoms with Crippen molar-refractivity contribution in [3.63, 3.8) is 0 Å². The van der Waals surface area contributed by atoms with E-state index in [2.05, 4.69) is 9.59 Å². The summed E-state index contributed by atoms with van der Waals surface area (Å²) in [6, 6.07) is 9.71. The van der Waals surface area contributed by atoms with Gasteiger partial charge < -0.3 is 5.11 Å². The Morgan fingerprint density at radius 1 is 1.28 bits per heavy atom. The van der Waals surface area contributed by atoms with E-state index in [1.807, 2.05) is 30.3 Å². The number of fused-ring (bicyclic) bond motifs is 3. The summed E-state index contributed by atoms with van der Waals surface area (Å²) in [6.45, 7) is 0. The average molecular weight is 256 g/mol. The molecule has 5 heteroatoms. The molecule has 0 amide bonds. The maximum absolute atomic E-state index is 10.5. The number of aromatic nitrogens is 2. The summed E-state index contributed by atoms with van der Waals surface area (Å²) < 4.78 is 4.99. The van der Waals surface area contributed by atoms with Crippen molar-refractivity contribution in [2.45, 2.75) is 0 Å². The molecule has 1 N–H and O–H groups in total. The zero-order valence-corrected chi connectivity index (χ0v) is 10.0. The summed E-state index contributed by atoms with van der Waals surface area (Å²) in [5.41, 5.74) is 1.75. The van der Waals surface area contributed by atoms with Crippen molar-refractivity contribution >= 4 is 44.6 Å². The summed E-state index contributed by atoms with van der Waals surface area (Å²) in [5.74, 6) is -0.947. The summed E-state index contributed by atoms with van der Waals surface area (Å²) in [5, 5.41) is 14.8. The summed E-state index contributed by atoms with van der Waals surface area (Å²) in [7, 11) is 0. The number of benzene rings is 2. The molecule has 0 aliphatic carbocycles. The van der Waals surface area contributed by atoms with E-state index in [-0.39, 0.29) is 0 Å². The predicted octanol–water partition coefficient (Wildman–Crippen LogP) is 2.94.